The highest BCUT2D eigenvalue weighted by Crippen LogP contribution is 2.42. The fourth-order valence-electron chi connectivity index (χ4n) is 4.37. The first kappa shape index (κ1) is 17.8. The van der Waals surface area contributed by atoms with E-state index in [1.807, 2.05) is 6.20 Å². The van der Waals surface area contributed by atoms with Gasteiger partial charge in [0.05, 0.1) is 15.0 Å². The summed E-state index contributed by atoms with van der Waals surface area (Å²) in [5, 5.41) is 8.66. The molecule has 3 aromatic heterocycles. The molecule has 0 aliphatic heterocycles. The van der Waals surface area contributed by atoms with Gasteiger partial charge in [-0.1, -0.05) is 13.3 Å². The topological polar surface area (TPSA) is 105 Å². The lowest BCUT2D eigenvalue weighted by Gasteiger charge is -2.16. The van der Waals surface area contributed by atoms with E-state index in [1.165, 1.54) is 0 Å². The van der Waals surface area contributed by atoms with Crippen molar-refractivity contribution in [1.82, 2.24) is 29.3 Å². The van der Waals surface area contributed by atoms with Gasteiger partial charge in [0.15, 0.2) is 11.3 Å². The van der Waals surface area contributed by atoms with E-state index in [-0.39, 0.29) is 17.2 Å². The first-order chi connectivity index (χ1) is 13.0. The molecule has 2 N–H and O–H groups in total. The van der Waals surface area contributed by atoms with Gasteiger partial charge in [-0.25, -0.2) is 18.1 Å². The molecule has 3 aromatic rings. The zero-order valence-electron chi connectivity index (χ0n) is 14.9. The third-order valence-electron chi connectivity index (χ3n) is 5.88. The van der Waals surface area contributed by atoms with Crippen LogP contribution in [0.5, 0.6) is 0 Å². The normalized spacial score (nSPS) is 26.4. The van der Waals surface area contributed by atoms with Crippen LogP contribution in [-0.4, -0.2) is 44.3 Å². The molecule has 1 unspecified atom stereocenters. The monoisotopic (exact) mass is 500 g/mol. The molecule has 2 saturated carbocycles. The van der Waals surface area contributed by atoms with Crippen LogP contribution < -0.4 is 4.72 Å². The molecular weight excluding hydrogens is 479 g/mol. The van der Waals surface area contributed by atoms with Gasteiger partial charge in [0.2, 0.25) is 10.0 Å². The Morgan fingerprint density at radius 2 is 2.15 bits per heavy atom. The van der Waals surface area contributed by atoms with E-state index in [0.29, 0.717) is 5.92 Å². The number of fused-ring (bicyclic) bond motifs is 3. The second kappa shape index (κ2) is 6.38. The Hall–Kier alpha value is -1.27. The smallest absolute Gasteiger partial charge is 0.214 e. The molecule has 0 saturated heterocycles. The van der Waals surface area contributed by atoms with Gasteiger partial charge in [-0.3, -0.25) is 4.40 Å². The lowest BCUT2D eigenvalue weighted by molar-refractivity contribution is 0.449. The largest absolute Gasteiger partial charge is 0.344 e. The van der Waals surface area contributed by atoms with Gasteiger partial charge in [-0.15, -0.1) is 10.2 Å². The van der Waals surface area contributed by atoms with Crippen LogP contribution in [-0.2, 0) is 10.0 Å². The summed E-state index contributed by atoms with van der Waals surface area (Å²) in [6.07, 6.45) is 7.83. The Kier molecular flexibility index (Phi) is 4.20. The first-order valence-electron chi connectivity index (χ1n) is 9.35. The minimum absolute atomic E-state index is 0.0273. The molecule has 2 aliphatic carbocycles. The number of nitrogens with one attached hydrogen (secondary N) is 2. The van der Waals surface area contributed by atoms with Gasteiger partial charge in [0.1, 0.15) is 11.3 Å². The van der Waals surface area contributed by atoms with Crippen molar-refractivity contribution in [2.75, 3.05) is 0 Å². The zero-order chi connectivity index (χ0) is 18.8. The van der Waals surface area contributed by atoms with Crippen molar-refractivity contribution in [2.24, 2.45) is 5.92 Å². The van der Waals surface area contributed by atoms with E-state index in [1.54, 1.807) is 6.20 Å². The quantitative estimate of drug-likeness (QED) is 0.524. The lowest BCUT2D eigenvalue weighted by Crippen LogP contribution is -2.35. The molecule has 8 nitrogen and oxygen atoms in total. The summed E-state index contributed by atoms with van der Waals surface area (Å²) >= 11 is 2.29. The number of hydrogen-bond acceptors (Lipinski definition) is 5. The number of rotatable bonds is 5. The van der Waals surface area contributed by atoms with Crippen molar-refractivity contribution in [3.8, 4) is 0 Å². The fourth-order valence-corrected chi connectivity index (χ4v) is 6.63. The molecular formula is C17H21IN6O2S. The number of hydrogen-bond donors (Lipinski definition) is 2. The molecule has 0 amide bonds. The van der Waals surface area contributed by atoms with Gasteiger partial charge in [0, 0.05) is 18.2 Å². The molecule has 0 spiro atoms. The maximum atomic E-state index is 12.4. The number of halogens is 1. The molecule has 2 fully saturated rings. The third kappa shape index (κ3) is 2.96. The zero-order valence-corrected chi connectivity index (χ0v) is 17.9. The number of nitrogens with zero attached hydrogens (tertiary/aromatic N) is 4. The Morgan fingerprint density at radius 1 is 1.33 bits per heavy atom. The minimum atomic E-state index is -3.18. The Morgan fingerprint density at radius 3 is 2.89 bits per heavy atom. The molecule has 3 heterocycles. The SMILES string of the molecule is CC[C@@H]1C[C@H](NS(=O)(=O)C2CC2)CC1c1nnc2cnc3[nH]cc(I)c3n12. The predicted octanol–water partition coefficient (Wildman–Crippen LogP) is 2.56. The van der Waals surface area contributed by atoms with Crippen molar-refractivity contribution in [1.29, 1.82) is 0 Å². The average molecular weight is 500 g/mol. The second-order valence-corrected chi connectivity index (χ2v) is 10.8. The lowest BCUT2D eigenvalue weighted by atomic mass is 9.93. The molecule has 144 valence electrons. The molecule has 10 heteroatoms. The van der Waals surface area contributed by atoms with Crippen LogP contribution in [0.15, 0.2) is 12.4 Å². The maximum absolute atomic E-state index is 12.4. The van der Waals surface area contributed by atoms with Crippen LogP contribution in [0.2, 0.25) is 0 Å². The average Bonchev–Trinajstić information content (AvgIpc) is 3.17. The summed E-state index contributed by atoms with van der Waals surface area (Å²) in [5.74, 6) is 1.47. The van der Waals surface area contributed by atoms with Crippen molar-refractivity contribution in [3.05, 3.63) is 21.8 Å². The molecule has 5 rings (SSSR count). The number of aromatic amines is 1. The van der Waals surface area contributed by atoms with Crippen molar-refractivity contribution >= 4 is 49.4 Å². The summed E-state index contributed by atoms with van der Waals surface area (Å²) in [4.78, 5) is 7.61. The van der Waals surface area contributed by atoms with Gasteiger partial charge in [0.25, 0.3) is 0 Å². The highest BCUT2D eigenvalue weighted by molar-refractivity contribution is 14.1. The number of sulfonamides is 1. The molecule has 0 aromatic carbocycles. The van der Waals surface area contributed by atoms with Crippen LogP contribution in [0.4, 0.5) is 0 Å². The van der Waals surface area contributed by atoms with Crippen molar-refractivity contribution in [3.63, 3.8) is 0 Å². The fraction of sp³-hybridized carbons (Fsp3) is 0.588. The van der Waals surface area contributed by atoms with E-state index in [2.05, 4.69) is 58.8 Å². The Balaban J connectivity index is 1.53. The number of aromatic nitrogens is 5. The van der Waals surface area contributed by atoms with Crippen molar-refractivity contribution < 1.29 is 8.42 Å². The Labute approximate surface area is 170 Å². The summed E-state index contributed by atoms with van der Waals surface area (Å²) in [6.45, 7) is 2.16. The highest BCUT2D eigenvalue weighted by atomic mass is 127. The molecule has 27 heavy (non-hydrogen) atoms. The Bertz CT molecular complexity index is 1120. The van der Waals surface area contributed by atoms with E-state index < -0.39 is 10.0 Å². The van der Waals surface area contributed by atoms with Crippen molar-refractivity contribution in [2.45, 2.75) is 56.2 Å². The summed E-state index contributed by atoms with van der Waals surface area (Å²) < 4.78 is 30.9. The summed E-state index contributed by atoms with van der Waals surface area (Å²) in [7, 11) is -3.18. The summed E-state index contributed by atoms with van der Waals surface area (Å²) in [6, 6.07) is -0.0273. The minimum Gasteiger partial charge on any atom is -0.344 e. The molecule has 0 radical (unpaired) electrons. The van der Waals surface area contributed by atoms with E-state index >= 15 is 0 Å². The van der Waals surface area contributed by atoms with Crippen LogP contribution >= 0.6 is 22.6 Å². The maximum Gasteiger partial charge on any atom is 0.214 e. The van der Waals surface area contributed by atoms with E-state index in [0.717, 1.165) is 58.3 Å². The van der Waals surface area contributed by atoms with Gasteiger partial charge in [-0.2, -0.15) is 0 Å². The van der Waals surface area contributed by atoms with Crippen LogP contribution in [0.1, 0.15) is 50.8 Å². The molecule has 3 atom stereocenters. The van der Waals surface area contributed by atoms with E-state index in [9.17, 15) is 8.42 Å². The van der Waals surface area contributed by atoms with E-state index in [4.69, 9.17) is 0 Å². The first-order valence-corrected chi connectivity index (χ1v) is 12.0. The van der Waals surface area contributed by atoms with Gasteiger partial charge in [-0.05, 0) is 54.2 Å². The number of H-pyrrole nitrogens is 1. The second-order valence-electron chi connectivity index (χ2n) is 7.65. The highest BCUT2D eigenvalue weighted by Gasteiger charge is 2.42. The molecule has 2 aliphatic rings. The summed E-state index contributed by atoms with van der Waals surface area (Å²) in [5.41, 5.74) is 2.53. The standard InChI is InChI=1S/C17H21IN6O2S/c1-2-9-5-10(23-27(25,26)11-3-4-11)6-12(9)17-22-21-14-8-20-16-15(24(14)17)13(18)7-19-16/h7-12,19,23H,2-6H2,1H3/t9-,10+,12?/m1/s1. The molecule has 0 bridgehead atoms. The van der Waals surface area contributed by atoms with Crippen LogP contribution in [0.3, 0.4) is 0 Å². The van der Waals surface area contributed by atoms with Gasteiger partial charge < -0.3 is 4.98 Å². The third-order valence-corrected chi connectivity index (χ3v) is 8.71. The van der Waals surface area contributed by atoms with Crippen LogP contribution in [0, 0.1) is 9.49 Å². The predicted molar refractivity (Wildman–Crippen MR) is 110 cm³/mol. The van der Waals surface area contributed by atoms with Gasteiger partial charge >= 0.3 is 0 Å². The van der Waals surface area contributed by atoms with Crippen LogP contribution in [0.25, 0.3) is 16.8 Å².